The zero-order valence-electron chi connectivity index (χ0n) is 11.8. The largest absolute Gasteiger partial charge is 0.398 e. The van der Waals surface area contributed by atoms with Crippen LogP contribution in [0.3, 0.4) is 0 Å². The minimum atomic E-state index is -1.10. The molecule has 1 aromatic carbocycles. The molecule has 1 spiro atoms. The molecule has 2 atom stereocenters. The van der Waals surface area contributed by atoms with Crippen LogP contribution in [-0.2, 0) is 20.3 Å². The van der Waals surface area contributed by atoms with Gasteiger partial charge in [-0.25, -0.2) is 0 Å². The number of benzene rings is 1. The Morgan fingerprint density at radius 1 is 1.29 bits per heavy atom. The maximum atomic E-state index is 12.9. The Kier molecular flexibility index (Phi) is 4.69. The summed E-state index contributed by atoms with van der Waals surface area (Å²) in [5.74, 6) is 0. The first-order chi connectivity index (χ1) is 10.1. The van der Waals surface area contributed by atoms with Crippen LogP contribution in [0.2, 0.25) is 0 Å². The fourth-order valence-electron chi connectivity index (χ4n) is 3.12. The number of nitrogen functional groups attached to an aromatic ring is 1. The average Bonchev–Trinajstić information content (AvgIpc) is 2.50. The van der Waals surface area contributed by atoms with Crippen LogP contribution < -0.4 is 5.73 Å². The molecule has 3 rings (SSSR count). The van der Waals surface area contributed by atoms with E-state index >= 15 is 0 Å². The van der Waals surface area contributed by atoms with Crippen molar-refractivity contribution in [1.29, 1.82) is 0 Å². The SMILES string of the molecule is Nc1ccc(Br)cc1S(=O)C1CCOC2(CCOCC2)C1. The van der Waals surface area contributed by atoms with Crippen molar-refractivity contribution in [2.45, 2.75) is 41.4 Å². The van der Waals surface area contributed by atoms with Gasteiger partial charge in [0.2, 0.25) is 0 Å². The monoisotopic (exact) mass is 373 g/mol. The van der Waals surface area contributed by atoms with E-state index in [2.05, 4.69) is 15.9 Å². The van der Waals surface area contributed by atoms with Gasteiger partial charge in [-0.2, -0.15) is 0 Å². The van der Waals surface area contributed by atoms with Gasteiger partial charge in [-0.3, -0.25) is 4.21 Å². The Bertz CT molecular complexity index is 540. The second kappa shape index (κ2) is 6.36. The van der Waals surface area contributed by atoms with Crippen LogP contribution in [0.25, 0.3) is 0 Å². The van der Waals surface area contributed by atoms with Crippen LogP contribution in [-0.4, -0.2) is 34.9 Å². The molecule has 1 aromatic rings. The molecule has 2 aliphatic heterocycles. The summed E-state index contributed by atoms with van der Waals surface area (Å²) in [4.78, 5) is 0.735. The van der Waals surface area contributed by atoms with Crippen LogP contribution in [0.15, 0.2) is 27.6 Å². The minimum Gasteiger partial charge on any atom is -0.398 e. The van der Waals surface area contributed by atoms with Crippen molar-refractivity contribution in [3.05, 3.63) is 22.7 Å². The third kappa shape index (κ3) is 3.33. The number of nitrogens with two attached hydrogens (primary N) is 1. The first-order valence-corrected chi connectivity index (χ1v) is 9.28. The van der Waals surface area contributed by atoms with Gasteiger partial charge in [-0.05, 0) is 43.9 Å². The Morgan fingerprint density at radius 3 is 2.81 bits per heavy atom. The molecule has 21 heavy (non-hydrogen) atoms. The van der Waals surface area contributed by atoms with Gasteiger partial charge in [0.1, 0.15) is 0 Å². The number of hydrogen-bond acceptors (Lipinski definition) is 4. The normalized spacial score (nSPS) is 26.6. The highest BCUT2D eigenvalue weighted by Gasteiger charge is 2.41. The van der Waals surface area contributed by atoms with Crippen molar-refractivity contribution in [2.75, 3.05) is 25.6 Å². The highest BCUT2D eigenvalue weighted by atomic mass is 79.9. The molecule has 2 aliphatic rings. The second-order valence-corrected chi connectivity index (χ2v) is 8.36. The highest BCUT2D eigenvalue weighted by Crippen LogP contribution is 2.38. The molecule has 0 bridgehead atoms. The van der Waals surface area contributed by atoms with Gasteiger partial charge in [0.25, 0.3) is 0 Å². The maximum Gasteiger partial charge on any atom is 0.0738 e. The number of rotatable bonds is 2. The molecule has 0 aliphatic carbocycles. The standard InChI is InChI=1S/C15H20BrNO3S/c16-11-1-2-13(17)14(9-11)21(18)12-3-6-20-15(10-12)4-7-19-8-5-15/h1-2,9,12H,3-8,10,17H2. The summed E-state index contributed by atoms with van der Waals surface area (Å²) in [6, 6.07) is 5.55. The summed E-state index contributed by atoms with van der Waals surface area (Å²) < 4.78 is 25.3. The zero-order chi connectivity index (χ0) is 14.9. The van der Waals surface area contributed by atoms with Crippen molar-refractivity contribution >= 4 is 32.4 Å². The predicted octanol–water partition coefficient (Wildman–Crippen LogP) is 2.87. The number of hydrogen-bond donors (Lipinski definition) is 1. The number of halogens is 1. The van der Waals surface area contributed by atoms with E-state index in [-0.39, 0.29) is 10.9 Å². The van der Waals surface area contributed by atoms with Gasteiger partial charge in [0, 0.05) is 35.2 Å². The zero-order valence-corrected chi connectivity index (χ0v) is 14.2. The van der Waals surface area contributed by atoms with Crippen molar-refractivity contribution < 1.29 is 13.7 Å². The van der Waals surface area contributed by atoms with Gasteiger partial charge < -0.3 is 15.2 Å². The summed E-state index contributed by atoms with van der Waals surface area (Å²) >= 11 is 3.43. The summed E-state index contributed by atoms with van der Waals surface area (Å²) in [5.41, 5.74) is 6.46. The molecule has 2 heterocycles. The van der Waals surface area contributed by atoms with E-state index in [0.717, 1.165) is 48.3 Å². The fraction of sp³-hybridized carbons (Fsp3) is 0.600. The molecule has 2 fully saturated rings. The van der Waals surface area contributed by atoms with Crippen molar-refractivity contribution in [3.8, 4) is 0 Å². The van der Waals surface area contributed by atoms with Gasteiger partial charge in [0.05, 0.1) is 21.3 Å². The third-order valence-corrected chi connectivity index (χ3v) is 6.64. The predicted molar refractivity (Wildman–Crippen MR) is 86.7 cm³/mol. The Hall–Kier alpha value is -0.430. The van der Waals surface area contributed by atoms with E-state index < -0.39 is 10.8 Å². The van der Waals surface area contributed by atoms with Gasteiger partial charge in [0.15, 0.2) is 0 Å². The Balaban J connectivity index is 1.79. The van der Waals surface area contributed by atoms with Crippen molar-refractivity contribution in [1.82, 2.24) is 0 Å². The van der Waals surface area contributed by atoms with Gasteiger partial charge in [-0.1, -0.05) is 15.9 Å². The highest BCUT2D eigenvalue weighted by molar-refractivity contribution is 9.10. The topological polar surface area (TPSA) is 61.6 Å². The second-order valence-electron chi connectivity index (χ2n) is 5.74. The molecule has 116 valence electrons. The molecule has 0 saturated carbocycles. The molecule has 2 saturated heterocycles. The first kappa shape index (κ1) is 15.5. The number of anilines is 1. The fourth-order valence-corrected chi connectivity index (χ4v) is 5.30. The first-order valence-electron chi connectivity index (χ1n) is 7.27. The summed E-state index contributed by atoms with van der Waals surface area (Å²) in [6.45, 7) is 2.14. The Morgan fingerprint density at radius 2 is 2.05 bits per heavy atom. The van der Waals surface area contributed by atoms with E-state index in [4.69, 9.17) is 15.2 Å². The van der Waals surface area contributed by atoms with Crippen molar-refractivity contribution in [2.24, 2.45) is 0 Å². The summed E-state index contributed by atoms with van der Waals surface area (Å²) in [6.07, 6.45) is 3.44. The lowest BCUT2D eigenvalue weighted by Gasteiger charge is -2.43. The van der Waals surface area contributed by atoms with E-state index in [9.17, 15) is 4.21 Å². The maximum absolute atomic E-state index is 12.9. The van der Waals surface area contributed by atoms with Gasteiger partial charge >= 0.3 is 0 Å². The molecule has 0 amide bonds. The lowest BCUT2D eigenvalue weighted by molar-refractivity contribution is -0.131. The molecule has 0 aromatic heterocycles. The lowest BCUT2D eigenvalue weighted by atomic mass is 9.86. The molecule has 2 N–H and O–H groups in total. The molecular weight excluding hydrogens is 354 g/mol. The smallest absolute Gasteiger partial charge is 0.0738 e. The summed E-state index contributed by atoms with van der Waals surface area (Å²) in [7, 11) is -1.10. The molecular formula is C15H20BrNO3S. The van der Waals surface area contributed by atoms with Crippen LogP contribution in [0.5, 0.6) is 0 Å². The quantitative estimate of drug-likeness (QED) is 0.809. The van der Waals surface area contributed by atoms with E-state index in [1.165, 1.54) is 0 Å². The molecule has 6 heteroatoms. The molecule has 4 nitrogen and oxygen atoms in total. The Labute approximate surface area is 136 Å². The van der Waals surface area contributed by atoms with Crippen molar-refractivity contribution in [3.63, 3.8) is 0 Å². The van der Waals surface area contributed by atoms with Gasteiger partial charge in [-0.15, -0.1) is 0 Å². The van der Waals surface area contributed by atoms with E-state index in [1.807, 2.05) is 12.1 Å². The van der Waals surface area contributed by atoms with Crippen LogP contribution in [0, 0.1) is 0 Å². The average molecular weight is 374 g/mol. The lowest BCUT2D eigenvalue weighted by Crippen LogP contribution is -2.47. The van der Waals surface area contributed by atoms with Crippen LogP contribution in [0.4, 0.5) is 5.69 Å². The summed E-state index contributed by atoms with van der Waals surface area (Å²) in [5, 5.41) is 0.105. The van der Waals surface area contributed by atoms with E-state index in [1.54, 1.807) is 6.07 Å². The van der Waals surface area contributed by atoms with Crippen LogP contribution >= 0.6 is 15.9 Å². The minimum absolute atomic E-state index is 0.105. The molecule has 2 unspecified atom stereocenters. The van der Waals surface area contributed by atoms with Crippen LogP contribution in [0.1, 0.15) is 25.7 Å². The number of ether oxygens (including phenoxy) is 2. The molecule has 0 radical (unpaired) electrons. The third-order valence-electron chi connectivity index (χ3n) is 4.35. The van der Waals surface area contributed by atoms with E-state index in [0.29, 0.717) is 12.3 Å².